The fraction of sp³-hybridized carbons (Fsp3) is 0.750. The van der Waals surface area contributed by atoms with E-state index in [1.54, 1.807) is 7.05 Å². The van der Waals surface area contributed by atoms with E-state index >= 15 is 0 Å². The van der Waals surface area contributed by atoms with Gasteiger partial charge in [-0.05, 0) is 26.3 Å². The number of piperidine rings is 1. The van der Waals surface area contributed by atoms with E-state index in [0.717, 1.165) is 6.54 Å². The largest absolute Gasteiger partial charge is 0.324 e. The monoisotopic (exact) mass is 320 g/mol. The molecule has 0 bridgehead atoms. The molecule has 6 nitrogen and oxygen atoms in total. The number of aryl methyl sites for hydroxylation is 1. The van der Waals surface area contributed by atoms with Crippen LogP contribution in [0.4, 0.5) is 0 Å². The van der Waals surface area contributed by atoms with Gasteiger partial charge in [0.15, 0.2) is 0 Å². The van der Waals surface area contributed by atoms with E-state index in [-0.39, 0.29) is 10.2 Å². The second-order valence-electron chi connectivity index (χ2n) is 5.23. The zero-order valence-electron chi connectivity index (χ0n) is 11.8. The molecular weight excluding hydrogens is 300 g/mol. The first-order chi connectivity index (χ1) is 9.42. The Bertz CT molecular complexity index is 558. The molecule has 0 radical (unpaired) electrons. The second-order valence-corrected chi connectivity index (χ2v) is 7.27. The number of nitrogens with zero attached hydrogens (tertiary/aromatic N) is 3. The van der Waals surface area contributed by atoms with Crippen molar-refractivity contribution in [3.8, 4) is 0 Å². The highest BCUT2D eigenvalue weighted by atomic mass is 35.5. The molecule has 0 amide bonds. The van der Waals surface area contributed by atoms with Crippen molar-refractivity contribution in [2.45, 2.75) is 37.3 Å². The number of aromatic nitrogens is 2. The van der Waals surface area contributed by atoms with Crippen molar-refractivity contribution in [1.29, 1.82) is 0 Å². The fourth-order valence-electron chi connectivity index (χ4n) is 2.46. The highest BCUT2D eigenvalue weighted by Gasteiger charge is 2.23. The average Bonchev–Trinajstić information content (AvgIpc) is 2.73. The van der Waals surface area contributed by atoms with Crippen LogP contribution in [-0.2, 0) is 17.1 Å². The number of imidazole rings is 1. The molecule has 1 N–H and O–H groups in total. The maximum atomic E-state index is 12.1. The molecule has 0 spiro atoms. The quantitative estimate of drug-likeness (QED) is 0.886. The zero-order valence-corrected chi connectivity index (χ0v) is 13.4. The Balaban J connectivity index is 1.91. The molecule has 8 heteroatoms. The number of nitrogens with one attached hydrogen (secondary N) is 1. The van der Waals surface area contributed by atoms with Crippen LogP contribution in [0.1, 0.15) is 26.2 Å². The van der Waals surface area contributed by atoms with Crippen molar-refractivity contribution in [2.75, 3.05) is 19.6 Å². The Labute approximate surface area is 125 Å². The number of hydrogen-bond acceptors (Lipinski definition) is 4. The van der Waals surface area contributed by atoms with Crippen LogP contribution < -0.4 is 4.72 Å². The molecule has 1 aromatic rings. The highest BCUT2D eigenvalue weighted by molar-refractivity contribution is 7.89. The van der Waals surface area contributed by atoms with Crippen molar-refractivity contribution in [1.82, 2.24) is 19.2 Å². The highest BCUT2D eigenvalue weighted by Crippen LogP contribution is 2.18. The van der Waals surface area contributed by atoms with E-state index in [0.29, 0.717) is 19.1 Å². The Morgan fingerprint density at radius 2 is 2.25 bits per heavy atom. The average molecular weight is 321 g/mol. The topological polar surface area (TPSA) is 67.2 Å². The first kappa shape index (κ1) is 15.8. The first-order valence-corrected chi connectivity index (χ1v) is 8.68. The second kappa shape index (κ2) is 6.43. The minimum absolute atomic E-state index is 0.103. The van der Waals surface area contributed by atoms with Crippen LogP contribution in [0, 0.1) is 0 Å². The predicted octanol–water partition coefficient (Wildman–Crippen LogP) is 1.23. The van der Waals surface area contributed by atoms with Crippen LogP contribution in [0.5, 0.6) is 0 Å². The fourth-order valence-corrected chi connectivity index (χ4v) is 3.90. The maximum Gasteiger partial charge on any atom is 0.261 e. The van der Waals surface area contributed by atoms with Gasteiger partial charge in [0, 0.05) is 26.2 Å². The van der Waals surface area contributed by atoms with E-state index in [4.69, 9.17) is 11.6 Å². The Morgan fingerprint density at radius 3 is 2.85 bits per heavy atom. The molecule has 1 atom stereocenters. The summed E-state index contributed by atoms with van der Waals surface area (Å²) in [6, 6.07) is 0.520. The Morgan fingerprint density at radius 1 is 1.50 bits per heavy atom. The molecule has 1 fully saturated rings. The summed E-state index contributed by atoms with van der Waals surface area (Å²) in [5, 5.41) is 0.0252. The summed E-state index contributed by atoms with van der Waals surface area (Å²) in [6.45, 7) is 4.31. The number of likely N-dealkylation sites (tertiary alicyclic amines) is 1. The van der Waals surface area contributed by atoms with Gasteiger partial charge in [-0.1, -0.05) is 18.0 Å². The molecule has 114 valence electrons. The molecule has 2 heterocycles. The third kappa shape index (κ3) is 3.52. The van der Waals surface area contributed by atoms with Gasteiger partial charge < -0.3 is 4.57 Å². The van der Waals surface area contributed by atoms with E-state index < -0.39 is 10.0 Å². The van der Waals surface area contributed by atoms with Crippen LogP contribution >= 0.6 is 11.6 Å². The maximum absolute atomic E-state index is 12.1. The molecule has 20 heavy (non-hydrogen) atoms. The lowest BCUT2D eigenvalue weighted by Crippen LogP contribution is -2.42. The zero-order chi connectivity index (χ0) is 14.8. The lowest BCUT2D eigenvalue weighted by Gasteiger charge is -2.33. The summed E-state index contributed by atoms with van der Waals surface area (Å²) < 4.78 is 28.2. The van der Waals surface area contributed by atoms with Gasteiger partial charge in [-0.3, -0.25) is 4.90 Å². The van der Waals surface area contributed by atoms with Crippen LogP contribution in [0.25, 0.3) is 0 Å². The molecule has 2 rings (SSSR count). The van der Waals surface area contributed by atoms with Gasteiger partial charge in [-0.2, -0.15) is 0 Å². The lowest BCUT2D eigenvalue weighted by molar-refractivity contribution is 0.164. The third-order valence-electron chi connectivity index (χ3n) is 3.72. The molecule has 0 saturated carbocycles. The van der Waals surface area contributed by atoms with E-state index in [1.807, 2.05) is 0 Å². The summed E-state index contributed by atoms with van der Waals surface area (Å²) >= 11 is 5.91. The number of rotatable bonds is 5. The normalized spacial score (nSPS) is 21.2. The third-order valence-corrected chi connectivity index (χ3v) is 5.67. The lowest BCUT2D eigenvalue weighted by atomic mass is 10.0. The molecule has 1 aromatic heterocycles. The van der Waals surface area contributed by atoms with Crippen LogP contribution in [0.3, 0.4) is 0 Å². The summed E-state index contributed by atoms with van der Waals surface area (Å²) in [7, 11) is -1.97. The predicted molar refractivity (Wildman–Crippen MR) is 78.3 cm³/mol. The smallest absolute Gasteiger partial charge is 0.261 e. The van der Waals surface area contributed by atoms with E-state index in [2.05, 4.69) is 21.5 Å². The van der Waals surface area contributed by atoms with E-state index in [1.165, 1.54) is 30.2 Å². The molecule has 0 aliphatic carbocycles. The summed E-state index contributed by atoms with van der Waals surface area (Å²) in [5.74, 6) is 0. The van der Waals surface area contributed by atoms with Crippen LogP contribution in [0.15, 0.2) is 11.4 Å². The van der Waals surface area contributed by atoms with Gasteiger partial charge in [0.05, 0.1) is 6.33 Å². The molecule has 1 unspecified atom stereocenters. The van der Waals surface area contributed by atoms with Crippen molar-refractivity contribution >= 4 is 21.6 Å². The minimum Gasteiger partial charge on any atom is -0.324 e. The number of hydrogen-bond donors (Lipinski definition) is 1. The minimum atomic E-state index is -3.63. The molecular formula is C12H21ClN4O2S. The summed E-state index contributed by atoms with van der Waals surface area (Å²) in [4.78, 5) is 6.15. The summed E-state index contributed by atoms with van der Waals surface area (Å²) in [6.07, 6.45) is 5.01. The van der Waals surface area contributed by atoms with Crippen molar-refractivity contribution in [3.05, 3.63) is 11.5 Å². The van der Waals surface area contributed by atoms with Crippen LogP contribution in [0.2, 0.25) is 5.15 Å². The SMILES string of the molecule is CC1CCCCN1CCNS(=O)(=O)c1ncn(C)c1Cl. The first-order valence-electron chi connectivity index (χ1n) is 6.82. The molecule has 0 aromatic carbocycles. The van der Waals surface area contributed by atoms with Crippen molar-refractivity contribution in [2.24, 2.45) is 7.05 Å². The standard InChI is InChI=1S/C12H21ClN4O2S/c1-10-5-3-4-7-17(10)8-6-15-20(18,19)12-11(13)16(2)9-14-12/h9-10,15H,3-8H2,1-2H3. The van der Waals surface area contributed by atoms with Gasteiger partial charge >= 0.3 is 0 Å². The van der Waals surface area contributed by atoms with Crippen molar-refractivity contribution in [3.63, 3.8) is 0 Å². The Hall–Kier alpha value is -0.630. The number of sulfonamides is 1. The van der Waals surface area contributed by atoms with Crippen LogP contribution in [-0.4, -0.2) is 48.5 Å². The Kier molecular flexibility index (Phi) is 5.06. The molecule has 1 aliphatic rings. The summed E-state index contributed by atoms with van der Waals surface area (Å²) in [5.41, 5.74) is 0. The van der Waals surface area contributed by atoms with Gasteiger partial charge in [0.2, 0.25) is 5.03 Å². The molecule has 1 aliphatic heterocycles. The molecule has 1 saturated heterocycles. The van der Waals surface area contributed by atoms with Gasteiger partial charge in [-0.25, -0.2) is 18.1 Å². The van der Waals surface area contributed by atoms with Gasteiger partial charge in [0.25, 0.3) is 10.0 Å². The van der Waals surface area contributed by atoms with Gasteiger partial charge in [0.1, 0.15) is 5.15 Å². The van der Waals surface area contributed by atoms with Gasteiger partial charge in [-0.15, -0.1) is 0 Å². The number of halogens is 1. The van der Waals surface area contributed by atoms with Crippen molar-refractivity contribution < 1.29 is 8.42 Å². The van der Waals surface area contributed by atoms with E-state index in [9.17, 15) is 8.42 Å².